The topological polar surface area (TPSA) is 35.8 Å². The van der Waals surface area contributed by atoms with E-state index in [0.29, 0.717) is 5.03 Å². The van der Waals surface area contributed by atoms with Crippen LogP contribution in [0.25, 0.3) is 0 Å². The minimum atomic E-state index is 0.666. The average Bonchev–Trinajstić information content (AvgIpc) is 2.05. The van der Waals surface area contributed by atoms with Gasteiger partial charge in [0.2, 0.25) is 0 Å². The lowest BCUT2D eigenvalue weighted by molar-refractivity contribution is 0.281. The van der Waals surface area contributed by atoms with Gasteiger partial charge in [0, 0.05) is 37.5 Å². The molecule has 1 rings (SSSR count). The van der Waals surface area contributed by atoms with Crippen LogP contribution in [0.5, 0.6) is 0 Å². The smallest absolute Gasteiger partial charge is 0.0596 e. The molecule has 12 heavy (non-hydrogen) atoms. The number of rotatable bonds is 2. The third-order valence-corrected chi connectivity index (χ3v) is 2.09. The fourth-order valence-corrected chi connectivity index (χ4v) is 1.48. The van der Waals surface area contributed by atoms with Crippen molar-refractivity contribution in [3.05, 3.63) is 11.6 Å². The molecule has 3 nitrogen and oxygen atoms in total. The molecule has 0 saturated carbocycles. The van der Waals surface area contributed by atoms with Crippen molar-refractivity contribution in [3.8, 4) is 0 Å². The first-order valence-electron chi connectivity index (χ1n) is 3.98. The van der Waals surface area contributed by atoms with Gasteiger partial charge in [-0.05, 0) is 0 Å². The van der Waals surface area contributed by atoms with Crippen LogP contribution in [-0.4, -0.2) is 35.5 Å². The maximum absolute atomic E-state index is 8.48. The number of likely N-dealkylation sites (tertiary alicyclic amines) is 1. The maximum atomic E-state index is 8.48. The van der Waals surface area contributed by atoms with Crippen LogP contribution in [0.3, 0.4) is 0 Å². The quantitative estimate of drug-likeness (QED) is 0.529. The van der Waals surface area contributed by atoms with Crippen molar-refractivity contribution in [3.63, 3.8) is 0 Å². The Morgan fingerprint density at radius 3 is 2.58 bits per heavy atom. The van der Waals surface area contributed by atoms with E-state index in [0.717, 1.165) is 38.2 Å². The fraction of sp³-hybridized carbons (Fsp3) is 0.625. The molecule has 1 heterocycles. The van der Waals surface area contributed by atoms with Gasteiger partial charge in [0.05, 0.1) is 5.71 Å². The number of hydrogen-bond acceptors (Lipinski definition) is 3. The molecule has 0 unspecified atom stereocenters. The molecular weight excluding hydrogens is 176 g/mol. The Bertz CT molecular complexity index is 193. The zero-order valence-electron chi connectivity index (χ0n) is 6.96. The van der Waals surface area contributed by atoms with Gasteiger partial charge >= 0.3 is 0 Å². The van der Waals surface area contributed by atoms with E-state index in [2.05, 4.69) is 16.6 Å². The zero-order valence-corrected chi connectivity index (χ0v) is 7.72. The van der Waals surface area contributed by atoms with Gasteiger partial charge in [0.25, 0.3) is 0 Å². The van der Waals surface area contributed by atoms with Gasteiger partial charge in [0.1, 0.15) is 0 Å². The highest BCUT2D eigenvalue weighted by molar-refractivity contribution is 6.29. The summed E-state index contributed by atoms with van der Waals surface area (Å²) in [4.78, 5) is 2.20. The van der Waals surface area contributed by atoms with Gasteiger partial charge < -0.3 is 5.21 Å². The monoisotopic (exact) mass is 188 g/mol. The molecule has 1 saturated heterocycles. The second kappa shape index (κ2) is 4.48. The molecule has 0 aromatic heterocycles. The minimum Gasteiger partial charge on any atom is -0.411 e. The SMILES string of the molecule is C=C(Cl)CN1CCC(=NO)CC1. The molecule has 0 aliphatic carbocycles. The van der Waals surface area contributed by atoms with Gasteiger partial charge in [-0.3, -0.25) is 4.90 Å². The second-order valence-corrected chi connectivity index (χ2v) is 3.49. The molecule has 0 atom stereocenters. The minimum absolute atomic E-state index is 0.666. The van der Waals surface area contributed by atoms with Crippen molar-refractivity contribution in [1.82, 2.24) is 4.90 Å². The number of piperidine rings is 1. The summed E-state index contributed by atoms with van der Waals surface area (Å²) < 4.78 is 0. The fourth-order valence-electron chi connectivity index (χ4n) is 1.31. The molecule has 4 heteroatoms. The lowest BCUT2D eigenvalue weighted by atomic mass is 10.1. The van der Waals surface area contributed by atoms with Crippen LogP contribution >= 0.6 is 11.6 Å². The molecule has 1 aliphatic rings. The number of nitrogens with zero attached hydrogens (tertiary/aromatic N) is 2. The summed E-state index contributed by atoms with van der Waals surface area (Å²) in [6, 6.07) is 0. The summed E-state index contributed by atoms with van der Waals surface area (Å²) in [5, 5.41) is 12.3. The maximum Gasteiger partial charge on any atom is 0.0596 e. The van der Waals surface area contributed by atoms with Gasteiger partial charge in [-0.15, -0.1) is 0 Å². The van der Waals surface area contributed by atoms with E-state index >= 15 is 0 Å². The lowest BCUT2D eigenvalue weighted by Crippen LogP contribution is -2.34. The summed E-state index contributed by atoms with van der Waals surface area (Å²) in [6.07, 6.45) is 1.67. The summed E-state index contributed by atoms with van der Waals surface area (Å²) in [7, 11) is 0. The van der Waals surface area contributed by atoms with Crippen LogP contribution in [0.4, 0.5) is 0 Å². The van der Waals surface area contributed by atoms with E-state index in [4.69, 9.17) is 16.8 Å². The number of halogens is 1. The van der Waals surface area contributed by atoms with Gasteiger partial charge in [-0.1, -0.05) is 23.3 Å². The molecule has 1 aliphatic heterocycles. The molecule has 68 valence electrons. The molecule has 0 radical (unpaired) electrons. The summed E-state index contributed by atoms with van der Waals surface area (Å²) >= 11 is 5.67. The van der Waals surface area contributed by atoms with E-state index in [1.54, 1.807) is 0 Å². The Hall–Kier alpha value is -0.540. The van der Waals surface area contributed by atoms with Crippen LogP contribution in [0, 0.1) is 0 Å². The molecule has 1 fully saturated rings. The predicted octanol–water partition coefficient (Wildman–Crippen LogP) is 1.66. The van der Waals surface area contributed by atoms with Crippen molar-refractivity contribution < 1.29 is 5.21 Å². The first-order valence-corrected chi connectivity index (χ1v) is 4.35. The van der Waals surface area contributed by atoms with E-state index in [1.807, 2.05) is 0 Å². The number of hydrogen-bond donors (Lipinski definition) is 1. The molecule has 0 bridgehead atoms. The Balaban J connectivity index is 2.31. The first-order chi connectivity index (χ1) is 5.72. The Morgan fingerprint density at radius 2 is 2.17 bits per heavy atom. The average molecular weight is 189 g/mol. The largest absolute Gasteiger partial charge is 0.411 e. The van der Waals surface area contributed by atoms with Gasteiger partial charge in [-0.25, -0.2) is 0 Å². The Labute approximate surface area is 77.3 Å². The van der Waals surface area contributed by atoms with Crippen LogP contribution < -0.4 is 0 Å². The standard InChI is InChI=1S/C8H13ClN2O/c1-7(9)6-11-4-2-8(10-12)3-5-11/h12H,1-6H2. The van der Waals surface area contributed by atoms with Crippen LogP contribution in [0.15, 0.2) is 16.8 Å². The second-order valence-electron chi connectivity index (χ2n) is 2.96. The summed E-state index contributed by atoms with van der Waals surface area (Å²) in [6.45, 7) is 6.18. The highest BCUT2D eigenvalue weighted by Crippen LogP contribution is 2.09. The third kappa shape index (κ3) is 2.83. The lowest BCUT2D eigenvalue weighted by Gasteiger charge is -2.26. The number of oxime groups is 1. The van der Waals surface area contributed by atoms with Crippen LogP contribution in [0.1, 0.15) is 12.8 Å². The molecule has 0 aromatic carbocycles. The first kappa shape index (κ1) is 9.55. The van der Waals surface area contributed by atoms with E-state index in [-0.39, 0.29) is 0 Å². The predicted molar refractivity (Wildman–Crippen MR) is 49.9 cm³/mol. The van der Waals surface area contributed by atoms with Crippen molar-refractivity contribution in [2.45, 2.75) is 12.8 Å². The normalized spacial score (nSPS) is 19.2. The molecule has 1 N–H and O–H groups in total. The summed E-state index contributed by atoms with van der Waals surface area (Å²) in [5.41, 5.74) is 0.881. The molecule has 0 aromatic rings. The van der Waals surface area contributed by atoms with Crippen LogP contribution in [0.2, 0.25) is 0 Å². The van der Waals surface area contributed by atoms with E-state index < -0.39 is 0 Å². The van der Waals surface area contributed by atoms with Gasteiger partial charge in [-0.2, -0.15) is 0 Å². The van der Waals surface area contributed by atoms with Gasteiger partial charge in [0.15, 0.2) is 0 Å². The third-order valence-electron chi connectivity index (χ3n) is 1.97. The summed E-state index contributed by atoms with van der Waals surface area (Å²) in [5.74, 6) is 0. The molecule has 0 spiro atoms. The van der Waals surface area contributed by atoms with Crippen molar-refractivity contribution in [2.75, 3.05) is 19.6 Å². The molecular formula is C8H13ClN2O. The van der Waals surface area contributed by atoms with E-state index in [1.165, 1.54) is 0 Å². The Morgan fingerprint density at radius 1 is 1.58 bits per heavy atom. The highest BCUT2D eigenvalue weighted by Gasteiger charge is 2.14. The van der Waals surface area contributed by atoms with Crippen molar-refractivity contribution in [1.29, 1.82) is 0 Å². The highest BCUT2D eigenvalue weighted by atomic mass is 35.5. The van der Waals surface area contributed by atoms with Crippen molar-refractivity contribution >= 4 is 17.3 Å². The van der Waals surface area contributed by atoms with Crippen LogP contribution in [-0.2, 0) is 0 Å². The zero-order chi connectivity index (χ0) is 8.97. The molecule has 0 amide bonds. The van der Waals surface area contributed by atoms with E-state index in [9.17, 15) is 0 Å². The Kier molecular flexibility index (Phi) is 3.56. The van der Waals surface area contributed by atoms with Crippen molar-refractivity contribution in [2.24, 2.45) is 5.16 Å².